The number of furan rings is 1. The van der Waals surface area contributed by atoms with Gasteiger partial charge in [0.25, 0.3) is 0 Å². The van der Waals surface area contributed by atoms with E-state index >= 15 is 0 Å². The largest absolute Gasteiger partial charge is 0.466 e. The van der Waals surface area contributed by atoms with E-state index in [0.717, 1.165) is 6.26 Å². The van der Waals surface area contributed by atoms with E-state index in [2.05, 4.69) is 4.72 Å². The highest BCUT2D eigenvalue weighted by molar-refractivity contribution is 7.88. The van der Waals surface area contributed by atoms with Gasteiger partial charge in [0, 0.05) is 5.56 Å². The zero-order valence-corrected chi connectivity index (χ0v) is 11.3. The van der Waals surface area contributed by atoms with E-state index < -0.39 is 15.6 Å². The summed E-state index contributed by atoms with van der Waals surface area (Å²) in [7, 11) is -3.39. The minimum atomic E-state index is -3.39. The molecular weight excluding hydrogens is 274 g/mol. The minimum Gasteiger partial charge on any atom is -0.466 e. The van der Waals surface area contributed by atoms with Gasteiger partial charge < -0.3 is 9.52 Å². The molecule has 98 valence electrons. The molecule has 2 N–H and O–H groups in total. The maximum absolute atomic E-state index is 11.2. The third-order valence-electron chi connectivity index (χ3n) is 2.52. The fourth-order valence-corrected chi connectivity index (χ4v) is 2.78. The summed E-state index contributed by atoms with van der Waals surface area (Å²) >= 11 is 1.42. The Morgan fingerprint density at radius 1 is 1.50 bits per heavy atom. The molecule has 2 heterocycles. The Hall–Kier alpha value is -1.15. The summed E-state index contributed by atoms with van der Waals surface area (Å²) in [5.41, 5.74) is -0.898. The number of hydrogen-bond donors (Lipinski definition) is 2. The zero-order valence-electron chi connectivity index (χ0n) is 9.66. The first-order valence-electron chi connectivity index (χ1n) is 5.15. The van der Waals surface area contributed by atoms with E-state index in [1.807, 2.05) is 5.38 Å². The molecule has 0 aliphatic heterocycles. The highest BCUT2D eigenvalue weighted by Crippen LogP contribution is 2.31. The smallest absolute Gasteiger partial charge is 0.208 e. The Bertz CT molecular complexity index is 553. The Balaban J connectivity index is 2.35. The normalized spacial score (nSPS) is 15.4. The van der Waals surface area contributed by atoms with Crippen LogP contribution in [0.2, 0.25) is 0 Å². The van der Waals surface area contributed by atoms with Crippen LogP contribution in [0.5, 0.6) is 0 Å². The Labute approximate surface area is 109 Å². The number of aliphatic hydroxyl groups is 1. The van der Waals surface area contributed by atoms with Gasteiger partial charge in [0.2, 0.25) is 10.0 Å². The third kappa shape index (κ3) is 2.81. The van der Waals surface area contributed by atoms with Crippen molar-refractivity contribution in [2.24, 2.45) is 0 Å². The highest BCUT2D eigenvalue weighted by Gasteiger charge is 2.35. The van der Waals surface area contributed by atoms with E-state index in [-0.39, 0.29) is 6.54 Å². The van der Waals surface area contributed by atoms with Crippen LogP contribution in [0.4, 0.5) is 0 Å². The lowest BCUT2D eigenvalue weighted by molar-refractivity contribution is 0.0624. The van der Waals surface area contributed by atoms with Crippen LogP contribution in [0.1, 0.15) is 11.3 Å². The molecule has 7 heteroatoms. The van der Waals surface area contributed by atoms with E-state index in [1.165, 1.54) is 17.6 Å². The molecule has 2 aromatic heterocycles. The van der Waals surface area contributed by atoms with Crippen LogP contribution >= 0.6 is 11.3 Å². The standard InChI is InChI=1S/C11H13NO4S2/c1-18(14,15)12-8-11(13,9-4-6-17-7-9)10-3-2-5-16-10/h2-7,12-13H,8H2,1H3/t11-/m1/s1. The van der Waals surface area contributed by atoms with Crippen LogP contribution in [0, 0.1) is 0 Å². The number of nitrogens with one attached hydrogen (secondary N) is 1. The molecule has 0 saturated carbocycles. The molecule has 0 unspecified atom stereocenters. The maximum atomic E-state index is 11.2. The second-order valence-electron chi connectivity index (χ2n) is 3.94. The van der Waals surface area contributed by atoms with Crippen molar-refractivity contribution in [3.8, 4) is 0 Å². The first kappa shape index (κ1) is 13.3. The molecule has 0 aliphatic carbocycles. The Morgan fingerprint density at radius 2 is 2.28 bits per heavy atom. The van der Waals surface area contributed by atoms with Gasteiger partial charge in [-0.25, -0.2) is 13.1 Å². The average molecular weight is 287 g/mol. The fraction of sp³-hybridized carbons (Fsp3) is 0.273. The second kappa shape index (κ2) is 4.85. The van der Waals surface area contributed by atoms with Crippen molar-refractivity contribution < 1.29 is 17.9 Å². The Morgan fingerprint density at radius 3 is 2.78 bits per heavy atom. The van der Waals surface area contributed by atoms with Crippen molar-refractivity contribution in [3.05, 3.63) is 46.5 Å². The van der Waals surface area contributed by atoms with Gasteiger partial charge in [-0.05, 0) is 29.0 Å². The molecular formula is C11H13NO4S2. The molecule has 0 bridgehead atoms. The number of rotatable bonds is 5. The van der Waals surface area contributed by atoms with Gasteiger partial charge in [0.05, 0.1) is 19.1 Å². The Kier molecular flexibility index (Phi) is 3.58. The first-order valence-corrected chi connectivity index (χ1v) is 7.99. The molecule has 0 radical (unpaired) electrons. The first-order chi connectivity index (χ1) is 8.42. The number of hydrogen-bond acceptors (Lipinski definition) is 5. The van der Waals surface area contributed by atoms with Gasteiger partial charge in [0.1, 0.15) is 5.76 Å². The summed E-state index contributed by atoms with van der Waals surface area (Å²) < 4.78 is 29.8. The lowest BCUT2D eigenvalue weighted by Gasteiger charge is -2.25. The van der Waals surface area contributed by atoms with Gasteiger partial charge in [0.15, 0.2) is 5.60 Å². The summed E-state index contributed by atoms with van der Waals surface area (Å²) in [5.74, 6) is 0.303. The average Bonchev–Trinajstić information content (AvgIpc) is 2.97. The minimum absolute atomic E-state index is 0.171. The predicted molar refractivity (Wildman–Crippen MR) is 68.9 cm³/mol. The van der Waals surface area contributed by atoms with Crippen molar-refractivity contribution >= 4 is 21.4 Å². The van der Waals surface area contributed by atoms with Crippen molar-refractivity contribution in [1.82, 2.24) is 4.72 Å². The summed E-state index contributed by atoms with van der Waals surface area (Å²) in [5, 5.41) is 14.2. The predicted octanol–water partition coefficient (Wildman–Crippen LogP) is 1.13. The van der Waals surface area contributed by atoms with Crippen molar-refractivity contribution in [2.75, 3.05) is 12.8 Å². The molecule has 18 heavy (non-hydrogen) atoms. The lowest BCUT2D eigenvalue weighted by Crippen LogP contribution is -2.40. The van der Waals surface area contributed by atoms with Crippen LogP contribution in [0.3, 0.4) is 0 Å². The topological polar surface area (TPSA) is 79.5 Å². The monoisotopic (exact) mass is 287 g/mol. The SMILES string of the molecule is CS(=O)(=O)NC[C@@](O)(c1ccsc1)c1ccco1. The van der Waals surface area contributed by atoms with Gasteiger partial charge in [-0.2, -0.15) is 11.3 Å². The molecule has 2 aromatic rings. The highest BCUT2D eigenvalue weighted by atomic mass is 32.2. The van der Waals surface area contributed by atoms with Crippen LogP contribution in [-0.4, -0.2) is 26.3 Å². The molecule has 0 amide bonds. The van der Waals surface area contributed by atoms with Crippen molar-refractivity contribution in [2.45, 2.75) is 5.60 Å². The molecule has 0 aliphatic rings. The molecule has 0 spiro atoms. The van der Waals surface area contributed by atoms with Crippen molar-refractivity contribution in [3.63, 3.8) is 0 Å². The van der Waals surface area contributed by atoms with E-state index in [9.17, 15) is 13.5 Å². The van der Waals surface area contributed by atoms with Crippen LogP contribution in [0.15, 0.2) is 39.6 Å². The molecule has 2 rings (SSSR count). The van der Waals surface area contributed by atoms with Crippen molar-refractivity contribution in [1.29, 1.82) is 0 Å². The summed E-state index contributed by atoms with van der Waals surface area (Å²) in [6.07, 6.45) is 2.48. The fourth-order valence-electron chi connectivity index (χ4n) is 1.58. The second-order valence-corrected chi connectivity index (χ2v) is 6.56. The molecule has 0 saturated heterocycles. The zero-order chi connectivity index (χ0) is 13.2. The summed E-state index contributed by atoms with van der Waals surface area (Å²) in [6.45, 7) is -0.171. The quantitative estimate of drug-likeness (QED) is 0.864. The number of thiophene rings is 1. The van der Waals surface area contributed by atoms with E-state index in [1.54, 1.807) is 23.6 Å². The van der Waals surface area contributed by atoms with Crippen LogP contribution in [0.25, 0.3) is 0 Å². The molecule has 0 aromatic carbocycles. The van der Waals surface area contributed by atoms with Gasteiger partial charge in [-0.1, -0.05) is 0 Å². The van der Waals surface area contributed by atoms with Gasteiger partial charge in [-0.3, -0.25) is 0 Å². The van der Waals surface area contributed by atoms with Gasteiger partial charge >= 0.3 is 0 Å². The molecule has 0 fully saturated rings. The summed E-state index contributed by atoms with van der Waals surface area (Å²) in [6, 6.07) is 4.99. The van der Waals surface area contributed by atoms with E-state index in [4.69, 9.17) is 4.42 Å². The van der Waals surface area contributed by atoms with Gasteiger partial charge in [-0.15, -0.1) is 0 Å². The number of sulfonamides is 1. The molecule has 5 nitrogen and oxygen atoms in total. The van der Waals surface area contributed by atoms with E-state index in [0.29, 0.717) is 11.3 Å². The third-order valence-corrected chi connectivity index (χ3v) is 3.87. The maximum Gasteiger partial charge on any atom is 0.208 e. The van der Waals surface area contributed by atoms with Crippen LogP contribution in [-0.2, 0) is 15.6 Å². The van der Waals surface area contributed by atoms with Crippen LogP contribution < -0.4 is 4.72 Å². The molecule has 1 atom stereocenters. The lowest BCUT2D eigenvalue weighted by atomic mass is 9.94. The summed E-state index contributed by atoms with van der Waals surface area (Å²) in [4.78, 5) is 0.